The van der Waals surface area contributed by atoms with E-state index in [1.54, 1.807) is 18.2 Å². The van der Waals surface area contributed by atoms with E-state index in [1.807, 2.05) is 0 Å². The lowest BCUT2D eigenvalue weighted by atomic mass is 10.0. The number of nitrogens with two attached hydrogens (primary N) is 2. The number of carbonyl (C=O) groups is 1. The van der Waals surface area contributed by atoms with Gasteiger partial charge in [0.15, 0.2) is 17.5 Å². The number of nitrogens with one attached hydrogen (secondary N) is 1. The maximum Gasteiger partial charge on any atom is 0.288 e. The van der Waals surface area contributed by atoms with Crippen molar-refractivity contribution < 1.29 is 28.9 Å². The summed E-state index contributed by atoms with van der Waals surface area (Å²) in [6.07, 6.45) is 0.894. The van der Waals surface area contributed by atoms with E-state index in [9.17, 15) is 19.8 Å². The van der Waals surface area contributed by atoms with Crippen LogP contribution >= 0.6 is 0 Å². The first kappa shape index (κ1) is 23.9. The van der Waals surface area contributed by atoms with Gasteiger partial charge in [-0.2, -0.15) is 0 Å². The Kier molecular flexibility index (Phi) is 7.06. The zero-order valence-corrected chi connectivity index (χ0v) is 18.8. The molecule has 7 N–H and O–H groups in total. The molecule has 0 aliphatic carbocycles. The molecule has 0 saturated heterocycles. The summed E-state index contributed by atoms with van der Waals surface area (Å²) < 4.78 is 17.0. The van der Waals surface area contributed by atoms with E-state index in [0.717, 1.165) is 0 Å². The molecule has 35 heavy (non-hydrogen) atoms. The van der Waals surface area contributed by atoms with Crippen molar-refractivity contribution in [1.82, 2.24) is 5.32 Å². The molecule has 4 rings (SSSR count). The lowest BCUT2D eigenvalue weighted by Crippen LogP contribution is -2.38. The van der Waals surface area contributed by atoms with Gasteiger partial charge >= 0.3 is 0 Å². The molecule has 1 aliphatic rings. The predicted octanol–water partition coefficient (Wildman–Crippen LogP) is 1.08. The van der Waals surface area contributed by atoms with Crippen LogP contribution in [0.4, 0.5) is 0 Å². The Morgan fingerprint density at radius 1 is 1.11 bits per heavy atom. The van der Waals surface area contributed by atoms with Crippen LogP contribution in [0.3, 0.4) is 0 Å². The zero-order valence-electron chi connectivity index (χ0n) is 18.8. The second-order valence-corrected chi connectivity index (χ2v) is 7.98. The van der Waals surface area contributed by atoms with E-state index < -0.39 is 17.4 Å². The molecule has 1 aromatic heterocycles. The number of aromatic hydroxyl groups is 1. The third-order valence-corrected chi connectivity index (χ3v) is 5.47. The van der Waals surface area contributed by atoms with E-state index in [1.165, 1.54) is 18.2 Å². The molecule has 1 atom stereocenters. The van der Waals surface area contributed by atoms with E-state index in [0.29, 0.717) is 49.7 Å². The van der Waals surface area contributed by atoms with Gasteiger partial charge in [-0.05, 0) is 42.7 Å². The van der Waals surface area contributed by atoms with Crippen LogP contribution in [0, 0.1) is 0 Å². The molecule has 0 unspecified atom stereocenters. The summed E-state index contributed by atoms with van der Waals surface area (Å²) in [7, 11) is 0. The number of phenolic OH excluding ortho intramolecular Hbond substituents is 1. The maximum atomic E-state index is 13.5. The molecule has 0 fully saturated rings. The molecule has 3 aromatic rings. The average Bonchev–Trinajstić information content (AvgIpc) is 2.85. The number of hydrogen-bond donors (Lipinski definition) is 5. The number of ether oxygens (including phenoxy) is 2. The summed E-state index contributed by atoms with van der Waals surface area (Å²) in [4.78, 5) is 30.6. The van der Waals surface area contributed by atoms with Crippen molar-refractivity contribution in [3.8, 4) is 28.4 Å². The van der Waals surface area contributed by atoms with Gasteiger partial charge < -0.3 is 40.9 Å². The molecular formula is C24H26N4O7. The molecule has 0 radical (unpaired) electrons. The first-order valence-electron chi connectivity index (χ1n) is 11.0. The molecule has 0 saturated carbocycles. The molecule has 11 heteroatoms. The van der Waals surface area contributed by atoms with Crippen molar-refractivity contribution in [2.45, 2.75) is 18.9 Å². The number of nitrogens with zero attached hydrogens (tertiary/aromatic N) is 1. The lowest BCUT2D eigenvalue weighted by Gasteiger charge is -2.20. The number of carbonyl (C=O) groups excluding carboxylic acids is 1. The maximum absolute atomic E-state index is 13.5. The molecular weight excluding hydrogens is 456 g/mol. The highest BCUT2D eigenvalue weighted by Crippen LogP contribution is 2.35. The molecule has 184 valence electrons. The number of benzene rings is 2. The van der Waals surface area contributed by atoms with Crippen molar-refractivity contribution in [3.05, 3.63) is 52.4 Å². The van der Waals surface area contributed by atoms with Gasteiger partial charge in [0.25, 0.3) is 5.91 Å². The SMILES string of the molecule is NC(N)=NCCC[C@H](CO)NC(=O)c1oc2cc(O)ccc2c(=O)c1-c1ccc2c(c1)OCCO2. The summed E-state index contributed by atoms with van der Waals surface area (Å²) in [5.74, 6) is -0.141. The minimum absolute atomic E-state index is 0.0230. The van der Waals surface area contributed by atoms with Crippen LogP contribution in [0.2, 0.25) is 0 Å². The van der Waals surface area contributed by atoms with Crippen molar-refractivity contribution >= 4 is 22.8 Å². The molecule has 1 amide bonds. The van der Waals surface area contributed by atoms with Crippen LogP contribution in [-0.4, -0.2) is 54.5 Å². The van der Waals surface area contributed by atoms with Crippen molar-refractivity contribution in [2.75, 3.05) is 26.4 Å². The Hall–Kier alpha value is -4.25. The third kappa shape index (κ3) is 5.30. The molecule has 2 heterocycles. The fourth-order valence-corrected chi connectivity index (χ4v) is 3.81. The van der Waals surface area contributed by atoms with Crippen LogP contribution < -0.4 is 31.7 Å². The molecule has 2 aromatic carbocycles. The summed E-state index contributed by atoms with van der Waals surface area (Å²) in [6.45, 7) is 0.758. The van der Waals surface area contributed by atoms with E-state index in [2.05, 4.69) is 10.3 Å². The Balaban J connectivity index is 1.73. The number of amides is 1. The summed E-state index contributed by atoms with van der Waals surface area (Å²) >= 11 is 0. The van der Waals surface area contributed by atoms with Crippen LogP contribution in [0.5, 0.6) is 17.2 Å². The number of fused-ring (bicyclic) bond motifs is 2. The Labute approximate surface area is 200 Å². The fourth-order valence-electron chi connectivity index (χ4n) is 3.81. The van der Waals surface area contributed by atoms with E-state index >= 15 is 0 Å². The highest BCUT2D eigenvalue weighted by atomic mass is 16.6. The number of aliphatic imine (C=N–C) groups is 1. The second-order valence-electron chi connectivity index (χ2n) is 7.98. The monoisotopic (exact) mass is 482 g/mol. The van der Waals surface area contributed by atoms with E-state index in [4.69, 9.17) is 25.4 Å². The number of phenols is 1. The van der Waals surface area contributed by atoms with Gasteiger partial charge in [-0.25, -0.2) is 0 Å². The highest BCUT2D eigenvalue weighted by Gasteiger charge is 2.25. The minimum atomic E-state index is -0.696. The van der Waals surface area contributed by atoms with Crippen molar-refractivity contribution in [3.63, 3.8) is 0 Å². The molecule has 0 bridgehead atoms. The standard InChI is InChI=1S/C24H26N4O7/c25-24(26)27-7-1-2-14(12-29)28-23(32)22-20(13-3-6-17-19(10-13)34-9-8-33-17)21(31)16-5-4-15(30)11-18(16)35-22/h3-6,10-11,14,29-30H,1-2,7-9,12H2,(H,28,32)(H4,25,26,27)/t14-/m1/s1. The highest BCUT2D eigenvalue weighted by molar-refractivity contribution is 6.01. The Bertz CT molecular complexity index is 1330. The van der Waals surface area contributed by atoms with Gasteiger partial charge in [0.2, 0.25) is 11.2 Å². The molecule has 11 nitrogen and oxygen atoms in total. The first-order chi connectivity index (χ1) is 16.9. The molecule has 1 aliphatic heterocycles. The third-order valence-electron chi connectivity index (χ3n) is 5.47. The number of guanidine groups is 1. The quantitative estimate of drug-likeness (QED) is 0.178. The topological polar surface area (TPSA) is 183 Å². The largest absolute Gasteiger partial charge is 0.508 e. The van der Waals surface area contributed by atoms with Gasteiger partial charge in [0.05, 0.1) is 23.6 Å². The van der Waals surface area contributed by atoms with Crippen LogP contribution in [-0.2, 0) is 0 Å². The Morgan fingerprint density at radius 3 is 2.63 bits per heavy atom. The normalized spacial score (nSPS) is 13.3. The number of aliphatic hydroxyl groups excluding tert-OH is 1. The van der Waals surface area contributed by atoms with Crippen molar-refractivity contribution in [2.24, 2.45) is 16.5 Å². The van der Waals surface area contributed by atoms with Gasteiger partial charge in [-0.15, -0.1) is 0 Å². The summed E-state index contributed by atoms with van der Waals surface area (Å²) in [6, 6.07) is 8.34. The lowest BCUT2D eigenvalue weighted by molar-refractivity contribution is 0.0886. The van der Waals surface area contributed by atoms with Crippen molar-refractivity contribution in [1.29, 1.82) is 0 Å². The molecule has 0 spiro atoms. The average molecular weight is 482 g/mol. The Morgan fingerprint density at radius 2 is 1.89 bits per heavy atom. The second kappa shape index (κ2) is 10.3. The number of aliphatic hydroxyl groups is 1. The van der Waals surface area contributed by atoms with Gasteiger partial charge in [0, 0.05) is 12.6 Å². The van der Waals surface area contributed by atoms with Gasteiger partial charge in [-0.1, -0.05) is 6.07 Å². The van der Waals surface area contributed by atoms with Gasteiger partial charge in [-0.3, -0.25) is 14.6 Å². The van der Waals surface area contributed by atoms with Crippen LogP contribution in [0.1, 0.15) is 23.4 Å². The summed E-state index contributed by atoms with van der Waals surface area (Å²) in [5, 5.41) is 22.5. The van der Waals surface area contributed by atoms with Crippen LogP contribution in [0.25, 0.3) is 22.1 Å². The minimum Gasteiger partial charge on any atom is -0.508 e. The van der Waals surface area contributed by atoms with E-state index in [-0.39, 0.29) is 40.6 Å². The van der Waals surface area contributed by atoms with Gasteiger partial charge in [0.1, 0.15) is 24.5 Å². The summed E-state index contributed by atoms with van der Waals surface area (Å²) in [5.41, 5.74) is 10.6. The smallest absolute Gasteiger partial charge is 0.288 e. The zero-order chi connectivity index (χ0) is 24.9. The predicted molar refractivity (Wildman–Crippen MR) is 129 cm³/mol. The number of rotatable bonds is 8. The number of hydrogen-bond acceptors (Lipinski definition) is 8. The first-order valence-corrected chi connectivity index (χ1v) is 11.0. The van der Waals surface area contributed by atoms with Crippen LogP contribution in [0.15, 0.2) is 50.6 Å². The fraction of sp³-hybridized carbons (Fsp3) is 0.292.